The van der Waals surface area contributed by atoms with Crippen LogP contribution in [0.15, 0.2) is 30.5 Å². The van der Waals surface area contributed by atoms with Crippen LogP contribution in [-0.4, -0.2) is 55.3 Å². The molecule has 0 spiro atoms. The molecule has 0 saturated carbocycles. The van der Waals surface area contributed by atoms with Gasteiger partial charge >= 0.3 is 11.9 Å². The fourth-order valence-corrected chi connectivity index (χ4v) is 5.64. The van der Waals surface area contributed by atoms with Crippen molar-refractivity contribution in [2.75, 3.05) is 19.6 Å². The number of carbonyl (C=O) groups is 2. The molecule has 0 aliphatic carbocycles. The van der Waals surface area contributed by atoms with Gasteiger partial charge in [-0.1, -0.05) is 18.2 Å². The predicted octanol–water partition coefficient (Wildman–Crippen LogP) is 2.56. The van der Waals surface area contributed by atoms with E-state index >= 15 is 0 Å². The molecule has 0 radical (unpaired) electrons. The van der Waals surface area contributed by atoms with Gasteiger partial charge in [0.15, 0.2) is 5.82 Å². The van der Waals surface area contributed by atoms with Crippen molar-refractivity contribution in [3.63, 3.8) is 0 Å². The molecule has 1 unspecified atom stereocenters. The SMILES string of the molecule is Cn1cc(-c2nsc(C3C[N+]4(OC(=O)C(=O)O)CCC3CC4)n2)c2ccccc21. The predicted molar refractivity (Wildman–Crippen MR) is 106 cm³/mol. The Balaban J connectivity index is 1.44. The summed E-state index contributed by atoms with van der Waals surface area (Å²) in [6, 6.07) is 8.17. The van der Waals surface area contributed by atoms with E-state index in [1.54, 1.807) is 0 Å². The number of carboxylic acids is 1. The van der Waals surface area contributed by atoms with E-state index in [-0.39, 0.29) is 10.6 Å². The maximum Gasteiger partial charge on any atom is 0.473 e. The van der Waals surface area contributed by atoms with Crippen LogP contribution in [0, 0.1) is 5.92 Å². The van der Waals surface area contributed by atoms with Crippen molar-refractivity contribution in [2.45, 2.75) is 18.8 Å². The first-order valence-electron chi connectivity index (χ1n) is 9.67. The quantitative estimate of drug-likeness (QED) is 0.524. The fourth-order valence-electron chi connectivity index (χ4n) is 4.79. The van der Waals surface area contributed by atoms with Gasteiger partial charge < -0.3 is 9.67 Å². The summed E-state index contributed by atoms with van der Waals surface area (Å²) in [5.74, 6) is -1.42. The summed E-state index contributed by atoms with van der Waals surface area (Å²) in [7, 11) is 2.01. The van der Waals surface area contributed by atoms with E-state index in [0.29, 0.717) is 31.4 Å². The number of hydroxylamine groups is 3. The molecule has 5 heterocycles. The molecule has 3 aliphatic rings. The summed E-state index contributed by atoms with van der Waals surface area (Å²) in [6.45, 7) is 1.89. The Morgan fingerprint density at radius 3 is 2.79 bits per heavy atom. The summed E-state index contributed by atoms with van der Waals surface area (Å²) in [4.78, 5) is 32.9. The second-order valence-corrected chi connectivity index (χ2v) is 8.73. The van der Waals surface area contributed by atoms with Crippen LogP contribution in [0.2, 0.25) is 0 Å². The molecule has 9 heteroatoms. The topological polar surface area (TPSA) is 94.3 Å². The molecule has 1 N–H and O–H groups in total. The summed E-state index contributed by atoms with van der Waals surface area (Å²) in [5, 5.41) is 11.0. The highest BCUT2D eigenvalue weighted by atomic mass is 32.1. The van der Waals surface area contributed by atoms with Crippen molar-refractivity contribution >= 4 is 34.4 Å². The van der Waals surface area contributed by atoms with Crippen LogP contribution >= 0.6 is 11.5 Å². The Bertz CT molecular complexity index is 1110. The normalized spacial score (nSPS) is 26.0. The average molecular weight is 413 g/mol. The Hall–Kier alpha value is -2.78. The van der Waals surface area contributed by atoms with Gasteiger partial charge in [-0.15, -0.1) is 4.65 Å². The number of carboxylic acid groups (broad SMARTS) is 1. The molecular formula is C20H21N4O4S+. The number of aromatic nitrogens is 3. The molecule has 1 atom stereocenters. The molecular weight excluding hydrogens is 392 g/mol. The number of hydrogen-bond donors (Lipinski definition) is 1. The molecule has 8 nitrogen and oxygen atoms in total. The van der Waals surface area contributed by atoms with E-state index in [0.717, 1.165) is 34.3 Å². The minimum absolute atomic E-state index is 0.0789. The smallest absolute Gasteiger partial charge is 0.473 e. The third-order valence-electron chi connectivity index (χ3n) is 6.26. The van der Waals surface area contributed by atoms with Crippen molar-refractivity contribution < 1.29 is 24.2 Å². The maximum atomic E-state index is 11.7. The number of hydrogen-bond acceptors (Lipinski definition) is 6. The molecule has 2 bridgehead atoms. The molecule has 3 saturated heterocycles. The number of carbonyl (C=O) groups excluding carboxylic acids is 1. The zero-order valence-corrected chi connectivity index (χ0v) is 16.8. The third-order valence-corrected chi connectivity index (χ3v) is 7.11. The second-order valence-electron chi connectivity index (χ2n) is 7.94. The highest BCUT2D eigenvalue weighted by molar-refractivity contribution is 7.05. The Morgan fingerprint density at radius 2 is 2.03 bits per heavy atom. The van der Waals surface area contributed by atoms with E-state index in [2.05, 4.69) is 27.3 Å². The molecule has 0 amide bonds. The number of fused-ring (bicyclic) bond motifs is 4. The van der Waals surface area contributed by atoms with Crippen molar-refractivity contribution in [1.82, 2.24) is 13.9 Å². The number of quaternary nitrogens is 1. The van der Waals surface area contributed by atoms with Gasteiger partial charge in [-0.25, -0.2) is 14.6 Å². The molecule has 2 aromatic heterocycles. The van der Waals surface area contributed by atoms with Gasteiger partial charge in [0.1, 0.15) is 24.6 Å². The monoisotopic (exact) mass is 413 g/mol. The molecule has 3 aliphatic heterocycles. The molecule has 29 heavy (non-hydrogen) atoms. The van der Waals surface area contributed by atoms with E-state index in [9.17, 15) is 9.59 Å². The lowest BCUT2D eigenvalue weighted by molar-refractivity contribution is -1.10. The lowest BCUT2D eigenvalue weighted by Crippen LogP contribution is -2.61. The van der Waals surface area contributed by atoms with Crippen LogP contribution in [0.4, 0.5) is 0 Å². The third kappa shape index (κ3) is 3.01. The molecule has 1 aromatic carbocycles. The number of aliphatic carboxylic acids is 1. The highest BCUT2D eigenvalue weighted by Crippen LogP contribution is 2.44. The zero-order valence-electron chi connectivity index (χ0n) is 15.9. The first-order valence-corrected chi connectivity index (χ1v) is 10.4. The maximum absolute atomic E-state index is 11.7. The van der Waals surface area contributed by atoms with E-state index in [4.69, 9.17) is 14.9 Å². The first-order chi connectivity index (χ1) is 14.0. The number of aryl methyl sites for hydroxylation is 1. The van der Waals surface area contributed by atoms with Crippen molar-refractivity contribution in [2.24, 2.45) is 13.0 Å². The van der Waals surface area contributed by atoms with Crippen LogP contribution < -0.4 is 0 Å². The summed E-state index contributed by atoms with van der Waals surface area (Å²) in [6.07, 6.45) is 3.83. The molecule has 6 rings (SSSR count). The van der Waals surface area contributed by atoms with Crippen LogP contribution in [0.1, 0.15) is 23.8 Å². The van der Waals surface area contributed by atoms with Crippen LogP contribution in [0.5, 0.6) is 0 Å². The highest BCUT2D eigenvalue weighted by Gasteiger charge is 2.51. The molecule has 150 valence electrons. The summed E-state index contributed by atoms with van der Waals surface area (Å²) in [5.41, 5.74) is 2.14. The summed E-state index contributed by atoms with van der Waals surface area (Å²) >= 11 is 1.40. The number of nitrogens with zero attached hydrogens (tertiary/aromatic N) is 4. The van der Waals surface area contributed by atoms with Crippen molar-refractivity contribution in [3.05, 3.63) is 35.5 Å². The Kier molecular flexibility index (Phi) is 4.18. The van der Waals surface area contributed by atoms with Gasteiger partial charge in [-0.05, 0) is 23.5 Å². The molecule has 3 fully saturated rings. The van der Waals surface area contributed by atoms with E-state index in [1.807, 2.05) is 19.2 Å². The number of para-hydroxylation sites is 1. The molecule has 3 aromatic rings. The Labute approximate surface area is 171 Å². The van der Waals surface area contributed by atoms with E-state index < -0.39 is 11.9 Å². The zero-order chi connectivity index (χ0) is 20.2. The van der Waals surface area contributed by atoms with Gasteiger partial charge in [0.2, 0.25) is 0 Å². The van der Waals surface area contributed by atoms with Gasteiger partial charge in [-0.3, -0.25) is 4.84 Å². The number of benzene rings is 1. The van der Waals surface area contributed by atoms with Crippen molar-refractivity contribution in [1.29, 1.82) is 0 Å². The largest absolute Gasteiger partial charge is 0.473 e. The van der Waals surface area contributed by atoms with Crippen LogP contribution in [0.25, 0.3) is 22.3 Å². The summed E-state index contributed by atoms with van der Waals surface area (Å²) < 4.78 is 6.78. The second kappa shape index (κ2) is 6.64. The van der Waals surface area contributed by atoms with Crippen molar-refractivity contribution in [3.8, 4) is 11.4 Å². The van der Waals surface area contributed by atoms with Gasteiger partial charge in [0, 0.05) is 42.6 Å². The minimum atomic E-state index is -1.55. The lowest BCUT2D eigenvalue weighted by Gasteiger charge is -2.48. The Morgan fingerprint density at radius 1 is 1.28 bits per heavy atom. The van der Waals surface area contributed by atoms with E-state index in [1.165, 1.54) is 11.5 Å². The van der Waals surface area contributed by atoms with Gasteiger partial charge in [0.05, 0.1) is 5.92 Å². The van der Waals surface area contributed by atoms with Gasteiger partial charge in [-0.2, -0.15) is 4.37 Å². The lowest BCUT2D eigenvalue weighted by atomic mass is 9.79. The minimum Gasteiger partial charge on any atom is -0.473 e. The van der Waals surface area contributed by atoms with Crippen LogP contribution in [0.3, 0.4) is 0 Å². The average Bonchev–Trinajstić information content (AvgIpc) is 3.34. The standard InChI is InChI=1S/C20H20N4O4S/c1-23-10-14(13-4-2-3-5-16(13)23)17-21-18(29-22-17)15-11-24(28-20(27)19(25)26)8-6-12(15)7-9-24/h2-5,10,12,15H,6-9,11H2,1H3/p+1. The fraction of sp³-hybridized carbons (Fsp3) is 0.400. The van der Waals surface area contributed by atoms with Gasteiger partial charge in [0.25, 0.3) is 0 Å². The number of piperidine rings is 3. The number of rotatable bonds is 3. The van der Waals surface area contributed by atoms with Crippen LogP contribution in [-0.2, 0) is 21.5 Å². The first kappa shape index (κ1) is 18.3.